The highest BCUT2D eigenvalue weighted by Gasteiger charge is 2.28. The van der Waals surface area contributed by atoms with E-state index in [0.29, 0.717) is 10.0 Å². The first-order chi connectivity index (χ1) is 12.8. The average molecular weight is 457 g/mol. The van der Waals surface area contributed by atoms with Gasteiger partial charge in [-0.2, -0.15) is 0 Å². The predicted octanol–water partition coefficient (Wildman–Crippen LogP) is 2.97. The molecule has 1 aliphatic carbocycles. The lowest BCUT2D eigenvalue weighted by molar-refractivity contribution is 0.0950. The van der Waals surface area contributed by atoms with E-state index in [1.807, 2.05) is 0 Å². The summed E-state index contributed by atoms with van der Waals surface area (Å²) < 4.78 is 46.3. The summed E-state index contributed by atoms with van der Waals surface area (Å²) in [6.07, 6.45) is 1.64. The van der Waals surface area contributed by atoms with Crippen LogP contribution < -0.4 is 14.8 Å². The smallest absolute Gasteiger partial charge is 0.252 e. The first-order valence-electron chi connectivity index (χ1n) is 8.22. The maximum absolute atomic E-state index is 13.7. The van der Waals surface area contributed by atoms with E-state index in [0.717, 1.165) is 12.8 Å². The van der Waals surface area contributed by atoms with Crippen molar-refractivity contribution in [3.05, 3.63) is 57.8 Å². The molecule has 3 rings (SSSR count). The number of ether oxygens (including phenoxy) is 1. The average Bonchev–Trinajstić information content (AvgIpc) is 3.43. The maximum atomic E-state index is 13.7. The van der Waals surface area contributed by atoms with E-state index in [1.165, 1.54) is 37.4 Å². The highest BCUT2D eigenvalue weighted by atomic mass is 79.9. The van der Waals surface area contributed by atoms with Gasteiger partial charge < -0.3 is 10.1 Å². The maximum Gasteiger partial charge on any atom is 0.252 e. The third-order valence-corrected chi connectivity index (χ3v) is 6.27. The van der Waals surface area contributed by atoms with Gasteiger partial charge in [0.05, 0.1) is 17.6 Å². The lowest BCUT2D eigenvalue weighted by atomic mass is 10.2. The molecule has 1 aliphatic rings. The fourth-order valence-electron chi connectivity index (χ4n) is 2.43. The summed E-state index contributed by atoms with van der Waals surface area (Å²) in [6, 6.07) is 8.63. The van der Waals surface area contributed by atoms with E-state index in [1.54, 1.807) is 6.07 Å². The van der Waals surface area contributed by atoms with Crippen LogP contribution in [-0.4, -0.2) is 27.5 Å². The number of hydrogen-bond donors (Lipinski definition) is 2. The fraction of sp³-hybridized carbons (Fsp3) is 0.278. The van der Waals surface area contributed by atoms with Crippen LogP contribution in [0.3, 0.4) is 0 Å². The quantitative estimate of drug-likeness (QED) is 0.670. The number of carbonyl (C=O) groups is 1. The van der Waals surface area contributed by atoms with Crippen molar-refractivity contribution in [2.24, 2.45) is 0 Å². The molecule has 0 spiro atoms. The zero-order valence-corrected chi connectivity index (χ0v) is 16.9. The summed E-state index contributed by atoms with van der Waals surface area (Å²) in [5.41, 5.74) is 0.736. The van der Waals surface area contributed by atoms with Gasteiger partial charge >= 0.3 is 0 Å². The molecule has 0 heterocycles. The highest BCUT2D eigenvalue weighted by Crippen LogP contribution is 2.25. The van der Waals surface area contributed by atoms with Crippen molar-refractivity contribution in [3.63, 3.8) is 0 Å². The summed E-state index contributed by atoms with van der Waals surface area (Å²) in [5, 5.41) is 2.66. The monoisotopic (exact) mass is 456 g/mol. The molecule has 0 unspecified atom stereocenters. The van der Waals surface area contributed by atoms with E-state index in [4.69, 9.17) is 4.74 Å². The molecular weight excluding hydrogens is 439 g/mol. The van der Waals surface area contributed by atoms with Gasteiger partial charge in [0.25, 0.3) is 5.91 Å². The van der Waals surface area contributed by atoms with Crippen LogP contribution >= 0.6 is 15.9 Å². The highest BCUT2D eigenvalue weighted by molar-refractivity contribution is 9.10. The first-order valence-corrected chi connectivity index (χ1v) is 10.5. The van der Waals surface area contributed by atoms with E-state index < -0.39 is 21.7 Å². The molecule has 0 aromatic heterocycles. The second-order valence-electron chi connectivity index (χ2n) is 6.19. The van der Waals surface area contributed by atoms with Crippen molar-refractivity contribution in [2.45, 2.75) is 30.3 Å². The zero-order chi connectivity index (χ0) is 19.6. The van der Waals surface area contributed by atoms with E-state index in [2.05, 4.69) is 26.0 Å². The zero-order valence-electron chi connectivity index (χ0n) is 14.5. The third-order valence-electron chi connectivity index (χ3n) is 4.06. The number of rotatable bonds is 7. The minimum Gasteiger partial charge on any atom is -0.494 e. The second-order valence-corrected chi connectivity index (χ2v) is 8.76. The Morgan fingerprint density at radius 3 is 2.63 bits per heavy atom. The van der Waals surface area contributed by atoms with E-state index in [9.17, 15) is 17.6 Å². The standard InChI is InChI=1S/C18H18BrFN2O4S/c1-26-17-7-2-11(8-16(17)20)10-21-18(23)14-9-13(5-6-15(14)19)27(24,25)22-12-3-4-12/h2,5-9,12,22H,3-4,10H2,1H3,(H,21,23). The summed E-state index contributed by atoms with van der Waals surface area (Å²) >= 11 is 3.27. The van der Waals surface area contributed by atoms with Crippen LogP contribution in [0.1, 0.15) is 28.8 Å². The summed E-state index contributed by atoms with van der Waals surface area (Å²) in [5.74, 6) is -0.875. The van der Waals surface area contributed by atoms with Crippen molar-refractivity contribution >= 4 is 31.9 Å². The molecule has 0 bridgehead atoms. The molecule has 1 saturated carbocycles. The Labute approximate surface area is 165 Å². The van der Waals surface area contributed by atoms with Gasteiger partial charge in [-0.3, -0.25) is 4.79 Å². The Morgan fingerprint density at radius 1 is 1.26 bits per heavy atom. The van der Waals surface area contributed by atoms with Gasteiger partial charge in [-0.15, -0.1) is 0 Å². The number of carbonyl (C=O) groups excluding carboxylic acids is 1. The summed E-state index contributed by atoms with van der Waals surface area (Å²) in [6.45, 7) is 0.0868. The van der Waals surface area contributed by atoms with Crippen LogP contribution in [0.2, 0.25) is 0 Å². The molecule has 0 atom stereocenters. The molecule has 1 fully saturated rings. The van der Waals surface area contributed by atoms with Gasteiger partial charge in [-0.05, 0) is 64.7 Å². The van der Waals surface area contributed by atoms with Crippen LogP contribution in [0.25, 0.3) is 0 Å². The van der Waals surface area contributed by atoms with E-state index >= 15 is 0 Å². The Morgan fingerprint density at radius 2 is 2.00 bits per heavy atom. The molecule has 2 aromatic rings. The van der Waals surface area contributed by atoms with Crippen LogP contribution in [0.15, 0.2) is 45.8 Å². The molecule has 0 saturated heterocycles. The van der Waals surface area contributed by atoms with Gasteiger partial charge in [-0.25, -0.2) is 17.5 Å². The number of nitrogens with one attached hydrogen (secondary N) is 2. The normalized spacial score (nSPS) is 14.0. The molecule has 0 radical (unpaired) electrons. The molecule has 2 aromatic carbocycles. The minimum atomic E-state index is -3.66. The molecule has 144 valence electrons. The Hall–Kier alpha value is -1.97. The van der Waals surface area contributed by atoms with Crippen LogP contribution in [0.5, 0.6) is 5.75 Å². The molecule has 27 heavy (non-hydrogen) atoms. The summed E-state index contributed by atoms with van der Waals surface area (Å²) in [4.78, 5) is 12.5. The van der Waals surface area contributed by atoms with E-state index in [-0.39, 0.29) is 28.8 Å². The number of amides is 1. The Kier molecular flexibility index (Phi) is 5.83. The minimum absolute atomic E-state index is 0.0261. The van der Waals surface area contributed by atoms with Crippen molar-refractivity contribution in [3.8, 4) is 5.75 Å². The van der Waals surface area contributed by atoms with Crippen LogP contribution in [-0.2, 0) is 16.6 Å². The van der Waals surface area contributed by atoms with Gasteiger partial charge in [0.1, 0.15) is 0 Å². The number of benzene rings is 2. The first kappa shape index (κ1) is 19.8. The van der Waals surface area contributed by atoms with Crippen molar-refractivity contribution < 1.29 is 22.3 Å². The molecular formula is C18H18BrFN2O4S. The second kappa shape index (κ2) is 7.95. The molecule has 0 aliphatic heterocycles. The molecule has 9 heteroatoms. The SMILES string of the molecule is COc1ccc(CNC(=O)c2cc(S(=O)(=O)NC3CC3)ccc2Br)cc1F. The van der Waals surface area contributed by atoms with Gasteiger partial charge in [0.15, 0.2) is 11.6 Å². The van der Waals surface area contributed by atoms with Crippen molar-refractivity contribution in [2.75, 3.05) is 7.11 Å². The lowest BCUT2D eigenvalue weighted by Crippen LogP contribution is -2.27. The molecule has 1 amide bonds. The number of hydrogen-bond acceptors (Lipinski definition) is 4. The largest absolute Gasteiger partial charge is 0.494 e. The van der Waals surface area contributed by atoms with Crippen LogP contribution in [0, 0.1) is 5.82 Å². The van der Waals surface area contributed by atoms with Crippen molar-refractivity contribution in [1.29, 1.82) is 0 Å². The number of methoxy groups -OCH3 is 1. The topological polar surface area (TPSA) is 84.5 Å². The van der Waals surface area contributed by atoms with Gasteiger partial charge in [-0.1, -0.05) is 6.07 Å². The fourth-order valence-corrected chi connectivity index (χ4v) is 4.19. The number of sulfonamides is 1. The predicted molar refractivity (Wildman–Crippen MR) is 102 cm³/mol. The molecule has 6 nitrogen and oxygen atoms in total. The van der Waals surface area contributed by atoms with Crippen molar-refractivity contribution in [1.82, 2.24) is 10.0 Å². The third kappa shape index (κ3) is 4.85. The Balaban J connectivity index is 1.74. The molecule has 2 N–H and O–H groups in total. The van der Waals surface area contributed by atoms with Crippen LogP contribution in [0.4, 0.5) is 4.39 Å². The van der Waals surface area contributed by atoms with Gasteiger partial charge in [0.2, 0.25) is 10.0 Å². The number of halogens is 2. The lowest BCUT2D eigenvalue weighted by Gasteiger charge is -2.11. The Bertz CT molecular complexity index is 977. The summed E-state index contributed by atoms with van der Waals surface area (Å²) in [7, 11) is -2.29. The van der Waals surface area contributed by atoms with Gasteiger partial charge in [0, 0.05) is 17.1 Å².